The van der Waals surface area contributed by atoms with E-state index in [2.05, 4.69) is 45.1 Å². The average molecular weight is 958 g/mol. The lowest BCUT2D eigenvalue weighted by Crippen LogP contribution is -2.30. The summed E-state index contributed by atoms with van der Waals surface area (Å²) in [4.78, 5) is 38.2. The van der Waals surface area contributed by atoms with E-state index in [9.17, 15) is 14.4 Å². The standard InChI is InChI=1S/C62H116O6/c1-4-7-10-13-16-19-22-25-27-29-30-31-32-34-35-37-40-43-46-49-52-55-61(64)67-58-59(57-66-60(63)54-51-48-45-42-39-24-21-18-15-12-9-6-3)68-62(65)56-53-50-47-44-41-38-36-33-28-26-23-20-17-14-11-8-5-2/h26,28-30,59H,4-25,27,31-58H2,1-3H3/b28-26-,30-29-. The molecule has 0 aromatic carbocycles. The molecular formula is C62H116O6. The van der Waals surface area contributed by atoms with Crippen LogP contribution in [0.15, 0.2) is 24.3 Å². The molecule has 400 valence electrons. The molecule has 0 aliphatic rings. The van der Waals surface area contributed by atoms with Crippen LogP contribution in [0.2, 0.25) is 0 Å². The minimum absolute atomic E-state index is 0.0690. The fourth-order valence-electron chi connectivity index (χ4n) is 9.08. The third-order valence-corrected chi connectivity index (χ3v) is 13.7. The molecule has 0 fully saturated rings. The van der Waals surface area contributed by atoms with Gasteiger partial charge in [0, 0.05) is 19.3 Å². The van der Waals surface area contributed by atoms with E-state index in [1.54, 1.807) is 0 Å². The Morgan fingerprint density at radius 1 is 0.279 bits per heavy atom. The third-order valence-electron chi connectivity index (χ3n) is 13.7. The zero-order valence-electron chi connectivity index (χ0n) is 45.9. The second kappa shape index (κ2) is 57.5. The van der Waals surface area contributed by atoms with Crippen LogP contribution in [-0.2, 0) is 28.6 Å². The van der Waals surface area contributed by atoms with Crippen LogP contribution in [0.1, 0.15) is 335 Å². The van der Waals surface area contributed by atoms with Crippen molar-refractivity contribution >= 4 is 17.9 Å². The molecule has 0 heterocycles. The summed E-state index contributed by atoms with van der Waals surface area (Å²) in [5.74, 6) is -0.854. The van der Waals surface area contributed by atoms with Gasteiger partial charge in [-0.25, -0.2) is 0 Å². The lowest BCUT2D eigenvalue weighted by molar-refractivity contribution is -0.167. The highest BCUT2D eigenvalue weighted by Gasteiger charge is 2.19. The Morgan fingerprint density at radius 3 is 0.735 bits per heavy atom. The van der Waals surface area contributed by atoms with Gasteiger partial charge in [0.05, 0.1) is 0 Å². The monoisotopic (exact) mass is 957 g/mol. The summed E-state index contributed by atoms with van der Waals surface area (Å²) in [7, 11) is 0. The van der Waals surface area contributed by atoms with Gasteiger partial charge in [0.2, 0.25) is 0 Å². The van der Waals surface area contributed by atoms with Crippen LogP contribution in [0.3, 0.4) is 0 Å². The van der Waals surface area contributed by atoms with Crippen LogP contribution in [0.4, 0.5) is 0 Å². The molecule has 0 N–H and O–H groups in total. The largest absolute Gasteiger partial charge is 0.462 e. The van der Waals surface area contributed by atoms with Crippen LogP contribution < -0.4 is 0 Å². The van der Waals surface area contributed by atoms with E-state index in [1.165, 1.54) is 238 Å². The summed E-state index contributed by atoms with van der Waals surface area (Å²) >= 11 is 0. The first-order valence-electron chi connectivity index (χ1n) is 30.3. The van der Waals surface area contributed by atoms with Gasteiger partial charge in [0.15, 0.2) is 6.10 Å². The van der Waals surface area contributed by atoms with Crippen molar-refractivity contribution in [2.45, 2.75) is 341 Å². The Kier molecular flexibility index (Phi) is 55.7. The Morgan fingerprint density at radius 2 is 0.485 bits per heavy atom. The van der Waals surface area contributed by atoms with Crippen LogP contribution in [-0.4, -0.2) is 37.2 Å². The molecule has 0 aromatic heterocycles. The molecule has 0 aliphatic heterocycles. The predicted molar refractivity (Wildman–Crippen MR) is 293 cm³/mol. The molecule has 0 saturated carbocycles. The fourth-order valence-corrected chi connectivity index (χ4v) is 9.08. The Labute approximate surface area is 423 Å². The molecule has 0 radical (unpaired) electrons. The highest BCUT2D eigenvalue weighted by Crippen LogP contribution is 2.17. The topological polar surface area (TPSA) is 78.9 Å². The first kappa shape index (κ1) is 65.9. The molecule has 0 spiro atoms. The van der Waals surface area contributed by atoms with Crippen LogP contribution >= 0.6 is 0 Å². The van der Waals surface area contributed by atoms with Gasteiger partial charge in [-0.3, -0.25) is 14.4 Å². The quantitative estimate of drug-likeness (QED) is 0.0262. The van der Waals surface area contributed by atoms with Crippen LogP contribution in [0.25, 0.3) is 0 Å². The Balaban J connectivity index is 4.28. The predicted octanol–water partition coefficient (Wildman–Crippen LogP) is 20.3. The normalized spacial score (nSPS) is 12.1. The van der Waals surface area contributed by atoms with Crippen molar-refractivity contribution in [3.63, 3.8) is 0 Å². The summed E-state index contributed by atoms with van der Waals surface area (Å²) in [6.07, 6.45) is 67.4. The molecule has 6 heteroatoms. The smallest absolute Gasteiger partial charge is 0.306 e. The molecule has 6 nitrogen and oxygen atoms in total. The lowest BCUT2D eigenvalue weighted by atomic mass is 10.0. The number of allylic oxidation sites excluding steroid dienone is 4. The molecule has 68 heavy (non-hydrogen) atoms. The number of ether oxygens (including phenoxy) is 3. The van der Waals surface area contributed by atoms with Crippen molar-refractivity contribution in [2.24, 2.45) is 0 Å². The number of hydrogen-bond acceptors (Lipinski definition) is 6. The molecule has 0 aromatic rings. The van der Waals surface area contributed by atoms with Crippen molar-refractivity contribution in [1.82, 2.24) is 0 Å². The molecule has 0 aliphatic carbocycles. The van der Waals surface area contributed by atoms with Gasteiger partial charge in [-0.2, -0.15) is 0 Å². The van der Waals surface area contributed by atoms with Crippen molar-refractivity contribution < 1.29 is 28.6 Å². The van der Waals surface area contributed by atoms with Crippen LogP contribution in [0, 0.1) is 0 Å². The summed E-state index contributed by atoms with van der Waals surface area (Å²) in [5, 5.41) is 0. The number of unbranched alkanes of at least 4 members (excludes halogenated alkanes) is 41. The molecule has 0 amide bonds. The van der Waals surface area contributed by atoms with Gasteiger partial charge in [-0.05, 0) is 70.6 Å². The first-order chi connectivity index (χ1) is 33.5. The van der Waals surface area contributed by atoms with Crippen LogP contribution in [0.5, 0.6) is 0 Å². The summed E-state index contributed by atoms with van der Waals surface area (Å²) in [5.41, 5.74) is 0. The molecule has 0 rings (SSSR count). The van der Waals surface area contributed by atoms with Gasteiger partial charge in [-0.1, -0.05) is 270 Å². The summed E-state index contributed by atoms with van der Waals surface area (Å²) in [6.45, 7) is 6.68. The lowest BCUT2D eigenvalue weighted by Gasteiger charge is -2.18. The maximum atomic E-state index is 12.9. The van der Waals surface area contributed by atoms with Gasteiger partial charge in [0.1, 0.15) is 13.2 Å². The molecule has 0 bridgehead atoms. The van der Waals surface area contributed by atoms with Gasteiger partial charge in [0.25, 0.3) is 0 Å². The van der Waals surface area contributed by atoms with Crippen molar-refractivity contribution in [3.8, 4) is 0 Å². The highest BCUT2D eigenvalue weighted by molar-refractivity contribution is 5.71. The van der Waals surface area contributed by atoms with E-state index in [0.717, 1.165) is 57.8 Å². The molecule has 1 unspecified atom stereocenters. The minimum atomic E-state index is -0.770. The van der Waals surface area contributed by atoms with E-state index in [0.29, 0.717) is 19.3 Å². The van der Waals surface area contributed by atoms with E-state index >= 15 is 0 Å². The minimum Gasteiger partial charge on any atom is -0.462 e. The van der Waals surface area contributed by atoms with Crippen molar-refractivity contribution in [3.05, 3.63) is 24.3 Å². The molecular weight excluding hydrogens is 841 g/mol. The average Bonchev–Trinajstić information content (AvgIpc) is 3.34. The van der Waals surface area contributed by atoms with Crippen molar-refractivity contribution in [1.29, 1.82) is 0 Å². The number of esters is 3. The van der Waals surface area contributed by atoms with Gasteiger partial charge in [-0.15, -0.1) is 0 Å². The fraction of sp³-hybridized carbons (Fsp3) is 0.887. The van der Waals surface area contributed by atoms with E-state index in [1.807, 2.05) is 0 Å². The van der Waals surface area contributed by atoms with Crippen molar-refractivity contribution in [2.75, 3.05) is 13.2 Å². The second-order valence-corrected chi connectivity index (χ2v) is 20.6. The summed E-state index contributed by atoms with van der Waals surface area (Å²) in [6, 6.07) is 0. The van der Waals surface area contributed by atoms with E-state index in [4.69, 9.17) is 14.2 Å². The van der Waals surface area contributed by atoms with E-state index < -0.39 is 6.10 Å². The SMILES string of the molecule is CCCCCCCC/C=C\CCCCCCCCCC(=O)OC(COC(=O)CCCCCCCCCCC/C=C\CCCCCCCCCC)COC(=O)CCCCCCCCCCCCCC. The first-order valence-corrected chi connectivity index (χ1v) is 30.3. The number of rotatable bonds is 56. The Hall–Kier alpha value is -2.11. The zero-order valence-corrected chi connectivity index (χ0v) is 45.9. The highest BCUT2D eigenvalue weighted by atomic mass is 16.6. The number of carbonyl (C=O) groups excluding carboxylic acids is 3. The number of hydrogen-bond donors (Lipinski definition) is 0. The van der Waals surface area contributed by atoms with Gasteiger partial charge >= 0.3 is 17.9 Å². The summed E-state index contributed by atoms with van der Waals surface area (Å²) < 4.78 is 16.9. The molecule has 0 saturated heterocycles. The maximum Gasteiger partial charge on any atom is 0.306 e. The zero-order chi connectivity index (χ0) is 49.3. The van der Waals surface area contributed by atoms with Gasteiger partial charge < -0.3 is 14.2 Å². The molecule has 1 atom stereocenters. The Bertz CT molecular complexity index is 1100. The second-order valence-electron chi connectivity index (χ2n) is 20.6. The van der Waals surface area contributed by atoms with E-state index in [-0.39, 0.29) is 31.1 Å². The third kappa shape index (κ3) is 54.8. The maximum absolute atomic E-state index is 12.9. The number of carbonyl (C=O) groups is 3.